The van der Waals surface area contributed by atoms with E-state index in [-0.39, 0.29) is 5.91 Å². The molecule has 0 spiro atoms. The standard InChI is InChI=1S/C24H27N5O2S/c1-18-5-3-4-6-21(18)27-23(30)16-32-24-15-22(25-17-26-24)29-13-11-28(12-14-29)19-7-9-20(31-2)10-8-19/h3-10,15,17H,11-14,16H2,1-2H3,(H,27,30). The van der Waals surface area contributed by atoms with E-state index in [0.29, 0.717) is 5.75 Å². The third-order valence-electron chi connectivity index (χ3n) is 5.44. The van der Waals surface area contributed by atoms with Crippen LogP contribution in [-0.2, 0) is 4.79 Å². The molecule has 1 fully saturated rings. The monoisotopic (exact) mass is 449 g/mol. The van der Waals surface area contributed by atoms with E-state index < -0.39 is 0 Å². The molecule has 0 radical (unpaired) electrons. The van der Waals surface area contributed by atoms with E-state index >= 15 is 0 Å². The Morgan fingerprint density at radius 1 is 1.03 bits per heavy atom. The van der Waals surface area contributed by atoms with Crippen molar-refractivity contribution in [2.24, 2.45) is 0 Å². The molecule has 3 aromatic rings. The average Bonchev–Trinajstić information content (AvgIpc) is 2.84. The topological polar surface area (TPSA) is 70.6 Å². The molecule has 4 rings (SSSR count). The minimum atomic E-state index is -0.0439. The van der Waals surface area contributed by atoms with Gasteiger partial charge in [0, 0.05) is 43.6 Å². The molecule has 1 saturated heterocycles. The van der Waals surface area contributed by atoms with E-state index in [2.05, 4.69) is 37.2 Å². The number of methoxy groups -OCH3 is 1. The Bertz CT molecular complexity index is 1050. The molecular weight excluding hydrogens is 422 g/mol. The van der Waals surface area contributed by atoms with Gasteiger partial charge in [0.15, 0.2) is 0 Å². The fourth-order valence-corrected chi connectivity index (χ4v) is 4.27. The van der Waals surface area contributed by atoms with Gasteiger partial charge in [-0.25, -0.2) is 9.97 Å². The molecule has 7 nitrogen and oxygen atoms in total. The molecule has 2 aromatic carbocycles. The lowest BCUT2D eigenvalue weighted by atomic mass is 10.2. The molecule has 1 aromatic heterocycles. The van der Waals surface area contributed by atoms with Crippen LogP contribution >= 0.6 is 11.8 Å². The zero-order valence-corrected chi connectivity index (χ0v) is 19.1. The molecule has 1 aliphatic heterocycles. The van der Waals surface area contributed by atoms with Gasteiger partial charge in [0.2, 0.25) is 5.91 Å². The number of aryl methyl sites for hydroxylation is 1. The van der Waals surface area contributed by atoms with Crippen molar-refractivity contribution in [3.8, 4) is 5.75 Å². The summed E-state index contributed by atoms with van der Waals surface area (Å²) >= 11 is 1.42. The molecule has 0 aliphatic carbocycles. The fourth-order valence-electron chi connectivity index (χ4n) is 3.61. The van der Waals surface area contributed by atoms with Crippen LogP contribution < -0.4 is 19.9 Å². The van der Waals surface area contributed by atoms with Gasteiger partial charge < -0.3 is 19.9 Å². The molecular formula is C24H27N5O2S. The number of aromatic nitrogens is 2. The smallest absolute Gasteiger partial charge is 0.234 e. The average molecular weight is 450 g/mol. The molecule has 1 amide bonds. The number of ether oxygens (including phenoxy) is 1. The van der Waals surface area contributed by atoms with Crippen molar-refractivity contribution in [2.75, 3.05) is 54.2 Å². The number of rotatable bonds is 7. The lowest BCUT2D eigenvalue weighted by molar-refractivity contribution is -0.113. The number of piperazine rings is 1. The van der Waals surface area contributed by atoms with Crippen LogP contribution in [0.1, 0.15) is 5.56 Å². The van der Waals surface area contributed by atoms with E-state index in [1.165, 1.54) is 17.4 Å². The first-order valence-corrected chi connectivity index (χ1v) is 11.6. The second kappa shape index (κ2) is 10.4. The van der Waals surface area contributed by atoms with Crippen LogP contribution in [0.25, 0.3) is 0 Å². The van der Waals surface area contributed by atoms with Gasteiger partial charge in [-0.3, -0.25) is 4.79 Å². The summed E-state index contributed by atoms with van der Waals surface area (Å²) in [6.07, 6.45) is 1.58. The highest BCUT2D eigenvalue weighted by molar-refractivity contribution is 7.99. The third-order valence-corrected chi connectivity index (χ3v) is 6.36. The lowest BCUT2D eigenvalue weighted by Gasteiger charge is -2.36. The van der Waals surface area contributed by atoms with Gasteiger partial charge in [0.05, 0.1) is 12.9 Å². The highest BCUT2D eigenvalue weighted by atomic mass is 32.2. The molecule has 0 saturated carbocycles. The largest absolute Gasteiger partial charge is 0.497 e. The van der Waals surface area contributed by atoms with E-state index in [0.717, 1.165) is 54.0 Å². The maximum atomic E-state index is 12.3. The van der Waals surface area contributed by atoms with Crippen molar-refractivity contribution in [1.29, 1.82) is 0 Å². The minimum absolute atomic E-state index is 0.0439. The molecule has 0 bridgehead atoms. The highest BCUT2D eigenvalue weighted by Crippen LogP contribution is 2.24. The Balaban J connectivity index is 1.30. The number of nitrogens with zero attached hydrogens (tertiary/aromatic N) is 4. The summed E-state index contributed by atoms with van der Waals surface area (Å²) < 4.78 is 5.24. The number of hydrogen-bond acceptors (Lipinski definition) is 7. The van der Waals surface area contributed by atoms with Crippen LogP contribution in [0.4, 0.5) is 17.2 Å². The summed E-state index contributed by atoms with van der Waals surface area (Å²) in [5.74, 6) is 2.02. The fraction of sp³-hybridized carbons (Fsp3) is 0.292. The molecule has 1 N–H and O–H groups in total. The zero-order valence-electron chi connectivity index (χ0n) is 18.3. The van der Waals surface area contributed by atoms with Gasteiger partial charge in [0.25, 0.3) is 0 Å². The van der Waals surface area contributed by atoms with Crippen LogP contribution in [-0.4, -0.2) is 54.9 Å². The van der Waals surface area contributed by atoms with Crippen LogP contribution in [0.3, 0.4) is 0 Å². The normalized spacial score (nSPS) is 13.7. The van der Waals surface area contributed by atoms with Crippen LogP contribution in [0, 0.1) is 6.92 Å². The number of carbonyl (C=O) groups excluding carboxylic acids is 1. The number of nitrogens with one attached hydrogen (secondary N) is 1. The summed E-state index contributed by atoms with van der Waals surface area (Å²) in [5, 5.41) is 3.76. The van der Waals surface area contributed by atoms with Crippen molar-refractivity contribution in [2.45, 2.75) is 11.9 Å². The minimum Gasteiger partial charge on any atom is -0.497 e. The quantitative estimate of drug-likeness (QED) is 0.434. The number of hydrogen-bond donors (Lipinski definition) is 1. The summed E-state index contributed by atoms with van der Waals surface area (Å²) in [5.41, 5.74) is 3.09. The van der Waals surface area contributed by atoms with Crippen molar-refractivity contribution < 1.29 is 9.53 Å². The molecule has 1 aliphatic rings. The van der Waals surface area contributed by atoms with Crippen LogP contribution in [0.15, 0.2) is 66.0 Å². The summed E-state index contributed by atoms with van der Waals surface area (Å²) in [4.78, 5) is 25.8. The molecule has 0 unspecified atom stereocenters. The lowest BCUT2D eigenvalue weighted by Crippen LogP contribution is -2.46. The number of thioether (sulfide) groups is 1. The molecule has 32 heavy (non-hydrogen) atoms. The van der Waals surface area contributed by atoms with E-state index in [1.807, 2.05) is 49.4 Å². The van der Waals surface area contributed by atoms with E-state index in [1.54, 1.807) is 13.4 Å². The SMILES string of the molecule is COc1ccc(N2CCN(c3cc(SCC(=O)Nc4ccccc4C)ncn3)CC2)cc1. The Kier molecular flexibility index (Phi) is 7.11. The maximum Gasteiger partial charge on any atom is 0.234 e. The Hall–Kier alpha value is -3.26. The van der Waals surface area contributed by atoms with Crippen LogP contribution in [0.5, 0.6) is 5.75 Å². The first-order valence-electron chi connectivity index (χ1n) is 10.6. The number of amides is 1. The second-order valence-corrected chi connectivity index (χ2v) is 8.53. The predicted octanol–water partition coefficient (Wildman–Crippen LogP) is 3.85. The number of benzene rings is 2. The van der Waals surface area contributed by atoms with Gasteiger partial charge in [0.1, 0.15) is 22.9 Å². The molecule has 2 heterocycles. The van der Waals surface area contributed by atoms with Crippen molar-refractivity contribution in [3.05, 3.63) is 66.5 Å². The Labute approximate surface area is 192 Å². The van der Waals surface area contributed by atoms with Gasteiger partial charge in [-0.05, 0) is 42.8 Å². The highest BCUT2D eigenvalue weighted by Gasteiger charge is 2.19. The molecule has 166 valence electrons. The van der Waals surface area contributed by atoms with Crippen LogP contribution in [0.2, 0.25) is 0 Å². The summed E-state index contributed by atoms with van der Waals surface area (Å²) in [6.45, 7) is 5.56. The Morgan fingerprint density at radius 2 is 1.75 bits per heavy atom. The third kappa shape index (κ3) is 5.50. The van der Waals surface area contributed by atoms with Gasteiger partial charge in [-0.2, -0.15) is 0 Å². The molecule has 8 heteroatoms. The number of anilines is 3. The van der Waals surface area contributed by atoms with E-state index in [4.69, 9.17) is 4.74 Å². The summed E-state index contributed by atoms with van der Waals surface area (Å²) in [7, 11) is 1.68. The van der Waals surface area contributed by atoms with Gasteiger partial charge in [-0.1, -0.05) is 30.0 Å². The van der Waals surface area contributed by atoms with Gasteiger partial charge >= 0.3 is 0 Å². The van der Waals surface area contributed by atoms with E-state index in [9.17, 15) is 4.79 Å². The maximum absolute atomic E-state index is 12.3. The predicted molar refractivity (Wildman–Crippen MR) is 130 cm³/mol. The number of para-hydroxylation sites is 1. The first kappa shape index (κ1) is 22.0. The second-order valence-electron chi connectivity index (χ2n) is 7.54. The van der Waals surface area contributed by atoms with Crippen molar-refractivity contribution in [1.82, 2.24) is 9.97 Å². The Morgan fingerprint density at radius 3 is 2.47 bits per heavy atom. The summed E-state index contributed by atoms with van der Waals surface area (Å²) in [6, 6.07) is 17.9. The van der Waals surface area contributed by atoms with Gasteiger partial charge in [-0.15, -0.1) is 0 Å². The number of carbonyl (C=O) groups is 1. The first-order chi connectivity index (χ1) is 15.6. The zero-order chi connectivity index (χ0) is 22.3. The van der Waals surface area contributed by atoms with Crippen molar-refractivity contribution in [3.63, 3.8) is 0 Å². The molecule has 0 atom stereocenters. The van der Waals surface area contributed by atoms with Crippen molar-refractivity contribution >= 4 is 34.9 Å².